The van der Waals surface area contributed by atoms with Crippen LogP contribution in [0, 0.1) is 28.5 Å². The lowest BCUT2D eigenvalue weighted by molar-refractivity contribution is -0.126. The number of amides is 1. The largest absolute Gasteiger partial charge is 0.461 e. The zero-order valence-corrected chi connectivity index (χ0v) is 28.9. The van der Waals surface area contributed by atoms with E-state index in [1.54, 1.807) is 18.2 Å². The van der Waals surface area contributed by atoms with Crippen LogP contribution in [0.25, 0.3) is 32.1 Å². The zero-order chi connectivity index (χ0) is 35.3. The molecule has 3 fully saturated rings. The van der Waals surface area contributed by atoms with Gasteiger partial charge in [-0.05, 0) is 69.0 Å². The lowest BCUT2D eigenvalue weighted by atomic mass is 9.94. The van der Waals surface area contributed by atoms with Gasteiger partial charge in [0, 0.05) is 42.4 Å². The van der Waals surface area contributed by atoms with Crippen LogP contribution in [0.3, 0.4) is 0 Å². The molecule has 0 spiro atoms. The van der Waals surface area contributed by atoms with Gasteiger partial charge in [-0.15, -0.1) is 11.3 Å². The molecule has 0 bridgehead atoms. The van der Waals surface area contributed by atoms with Crippen molar-refractivity contribution in [3.8, 4) is 29.3 Å². The van der Waals surface area contributed by atoms with Crippen LogP contribution in [0.15, 0.2) is 36.9 Å². The fourth-order valence-corrected chi connectivity index (χ4v) is 9.48. The molecule has 3 aliphatic heterocycles. The van der Waals surface area contributed by atoms with E-state index < -0.39 is 17.5 Å². The van der Waals surface area contributed by atoms with E-state index in [2.05, 4.69) is 35.4 Å². The van der Waals surface area contributed by atoms with Crippen LogP contribution in [0.1, 0.15) is 57.1 Å². The second-order valence-corrected chi connectivity index (χ2v) is 14.4. The third kappa shape index (κ3) is 5.40. The lowest BCUT2D eigenvalue weighted by Crippen LogP contribution is -2.47. The van der Waals surface area contributed by atoms with E-state index in [9.17, 15) is 24.1 Å². The Balaban J connectivity index is 1.40. The number of rotatable bonds is 9. The van der Waals surface area contributed by atoms with Gasteiger partial charge in [-0.1, -0.05) is 19.6 Å². The van der Waals surface area contributed by atoms with Gasteiger partial charge in [-0.25, -0.2) is 8.78 Å². The number of likely N-dealkylation sites (tertiary alicyclic amines) is 1. The molecule has 4 aromatic rings. The molecule has 258 valence electrons. The average molecular weight is 697 g/mol. The minimum Gasteiger partial charge on any atom is -0.461 e. The smallest absolute Gasteiger partial charge is 0.319 e. The number of hydrogen-bond acceptors (Lipinski definition) is 10. The third-order valence-electron chi connectivity index (χ3n) is 10.8. The van der Waals surface area contributed by atoms with Gasteiger partial charge in [0.15, 0.2) is 0 Å². The lowest BCUT2D eigenvalue weighted by Gasteiger charge is -2.36. The van der Waals surface area contributed by atoms with E-state index in [-0.39, 0.29) is 51.4 Å². The van der Waals surface area contributed by atoms with Crippen molar-refractivity contribution in [3.63, 3.8) is 0 Å². The van der Waals surface area contributed by atoms with E-state index in [4.69, 9.17) is 20.4 Å². The molecule has 13 heteroatoms. The standard InChI is InChI=1S/C37H38F2N8O2S/c1-4-29-30(10-13-47(29)31(48)5-2)46(6-3)35-25-14-21(17-40)24(23-8-9-27(39)33-32(23)26(18-41)34(42)50-33)15-28(25)43-36(44-35)49-20-37-11-7-12-45(37)19-22(38)16-37/h5,8-9,14-15,22,29-30H,2,4,6-7,10-13,16,19-20,42H2,1,3H3/t22-,29+,30-,37+/m1/s1. The maximum Gasteiger partial charge on any atom is 0.319 e. The summed E-state index contributed by atoms with van der Waals surface area (Å²) in [6.07, 6.45) is 4.03. The molecule has 0 aliphatic carbocycles. The summed E-state index contributed by atoms with van der Waals surface area (Å²) in [7, 11) is 0. The van der Waals surface area contributed by atoms with E-state index >= 15 is 0 Å². The first-order valence-electron chi connectivity index (χ1n) is 17.0. The SMILES string of the molecule is C=CC(=O)N1CC[C@@H](N(CC)c2nc(OC[C@@]34CCCN3C[C@H](F)C4)nc3cc(-c4ccc(F)c5sc(N)c(C#N)c45)c(C#N)cc23)[C@@H]1CC. The molecule has 0 unspecified atom stereocenters. The number of carbonyl (C=O) groups excluding carboxylic acids is 1. The highest BCUT2D eigenvalue weighted by atomic mass is 32.1. The Kier molecular flexibility index (Phi) is 8.83. The molecule has 7 rings (SSSR count). The number of aromatic nitrogens is 2. The van der Waals surface area contributed by atoms with Crippen molar-refractivity contribution < 1.29 is 18.3 Å². The monoisotopic (exact) mass is 696 g/mol. The number of carbonyl (C=O) groups is 1. The zero-order valence-electron chi connectivity index (χ0n) is 28.1. The number of halogens is 2. The Bertz CT molecular complexity index is 2110. The highest BCUT2D eigenvalue weighted by Gasteiger charge is 2.49. The maximum atomic E-state index is 15.0. The van der Waals surface area contributed by atoms with Crippen LogP contribution in [-0.2, 0) is 4.79 Å². The van der Waals surface area contributed by atoms with Crippen molar-refractivity contribution in [2.24, 2.45) is 0 Å². The summed E-state index contributed by atoms with van der Waals surface area (Å²) < 4.78 is 36.3. The number of likely N-dealkylation sites (N-methyl/N-ethyl adjacent to an activating group) is 1. The average Bonchev–Trinajstić information content (AvgIpc) is 3.87. The van der Waals surface area contributed by atoms with Crippen LogP contribution in [0.2, 0.25) is 0 Å². The first-order valence-corrected chi connectivity index (χ1v) is 17.9. The fourth-order valence-electron chi connectivity index (χ4n) is 8.54. The Hall–Kier alpha value is -4.85. The molecule has 0 radical (unpaired) electrons. The summed E-state index contributed by atoms with van der Waals surface area (Å²) >= 11 is 0.994. The van der Waals surface area contributed by atoms with Crippen LogP contribution < -0.4 is 15.4 Å². The van der Waals surface area contributed by atoms with Crippen LogP contribution >= 0.6 is 11.3 Å². The van der Waals surface area contributed by atoms with Gasteiger partial charge in [-0.3, -0.25) is 9.69 Å². The predicted molar refractivity (Wildman–Crippen MR) is 190 cm³/mol. The normalized spacial score (nSPS) is 23.2. The first kappa shape index (κ1) is 33.6. The van der Waals surface area contributed by atoms with Gasteiger partial charge in [0.2, 0.25) is 5.91 Å². The maximum absolute atomic E-state index is 15.0. The number of nitrogens with two attached hydrogens (primary N) is 1. The van der Waals surface area contributed by atoms with Gasteiger partial charge >= 0.3 is 6.01 Å². The summed E-state index contributed by atoms with van der Waals surface area (Å²) in [5, 5.41) is 21.6. The highest BCUT2D eigenvalue weighted by Crippen LogP contribution is 2.44. The Morgan fingerprint density at radius 2 is 2.06 bits per heavy atom. The second kappa shape index (κ2) is 13.1. The van der Waals surface area contributed by atoms with E-state index in [0.29, 0.717) is 65.7 Å². The first-order chi connectivity index (χ1) is 24.2. The molecule has 4 atom stereocenters. The van der Waals surface area contributed by atoms with E-state index in [1.807, 2.05) is 11.8 Å². The molecule has 50 heavy (non-hydrogen) atoms. The van der Waals surface area contributed by atoms with Crippen LogP contribution in [-0.4, -0.2) is 82.3 Å². The number of nitriles is 2. The Labute approximate surface area is 293 Å². The van der Waals surface area contributed by atoms with Gasteiger partial charge in [0.05, 0.1) is 45.0 Å². The predicted octanol–water partition coefficient (Wildman–Crippen LogP) is 6.32. The summed E-state index contributed by atoms with van der Waals surface area (Å²) in [6.45, 7) is 10.3. The number of nitrogen functional groups attached to an aromatic ring is 1. The summed E-state index contributed by atoms with van der Waals surface area (Å²) in [5.74, 6) is -0.0685. The Morgan fingerprint density at radius 3 is 2.78 bits per heavy atom. The Morgan fingerprint density at radius 1 is 1.24 bits per heavy atom. The molecular formula is C37H38F2N8O2S. The number of hydrogen-bond donors (Lipinski definition) is 1. The molecule has 2 aromatic heterocycles. The highest BCUT2D eigenvalue weighted by molar-refractivity contribution is 7.23. The summed E-state index contributed by atoms with van der Waals surface area (Å²) in [4.78, 5) is 28.8. The summed E-state index contributed by atoms with van der Waals surface area (Å²) in [5.41, 5.74) is 7.60. The van der Waals surface area contributed by atoms with E-state index in [0.717, 1.165) is 37.1 Å². The minimum atomic E-state index is -0.916. The molecule has 2 aromatic carbocycles. The van der Waals surface area contributed by atoms with Crippen LogP contribution in [0.4, 0.5) is 19.6 Å². The van der Waals surface area contributed by atoms with Crippen molar-refractivity contribution in [1.82, 2.24) is 19.8 Å². The molecule has 5 heterocycles. The molecular weight excluding hydrogens is 659 g/mol. The van der Waals surface area contributed by atoms with Crippen molar-refractivity contribution >= 4 is 49.1 Å². The fraction of sp³-hybridized carbons (Fsp3) is 0.432. The van der Waals surface area contributed by atoms with Crippen molar-refractivity contribution in [3.05, 3.63) is 53.9 Å². The summed E-state index contributed by atoms with van der Waals surface area (Å²) in [6, 6.07) is 10.7. The molecule has 2 N–H and O–H groups in total. The van der Waals surface area contributed by atoms with Gasteiger partial charge in [0.25, 0.3) is 0 Å². The topological polar surface area (TPSA) is 135 Å². The number of anilines is 2. The van der Waals surface area contributed by atoms with E-state index in [1.165, 1.54) is 12.1 Å². The van der Waals surface area contributed by atoms with Gasteiger partial charge in [-0.2, -0.15) is 20.5 Å². The second-order valence-electron chi connectivity index (χ2n) is 13.3. The van der Waals surface area contributed by atoms with Gasteiger partial charge < -0.3 is 20.3 Å². The number of ether oxygens (including phenoxy) is 1. The quantitative estimate of drug-likeness (QED) is 0.199. The molecule has 1 amide bonds. The molecule has 3 aliphatic rings. The van der Waals surface area contributed by atoms with Crippen molar-refractivity contribution in [2.45, 2.75) is 69.7 Å². The number of fused-ring (bicyclic) bond motifs is 3. The van der Waals surface area contributed by atoms with Crippen LogP contribution in [0.5, 0.6) is 6.01 Å². The number of thiophene rings is 1. The van der Waals surface area contributed by atoms with Crippen molar-refractivity contribution in [1.29, 1.82) is 10.5 Å². The minimum absolute atomic E-state index is 0.0835. The number of nitrogens with zero attached hydrogens (tertiary/aromatic N) is 7. The van der Waals surface area contributed by atoms with Crippen molar-refractivity contribution in [2.75, 3.05) is 43.4 Å². The number of alkyl halides is 1. The van der Waals surface area contributed by atoms with Gasteiger partial charge in [0.1, 0.15) is 35.5 Å². The number of benzene rings is 2. The third-order valence-corrected chi connectivity index (χ3v) is 11.8. The molecule has 10 nitrogen and oxygen atoms in total. The molecule has 3 saturated heterocycles. The molecule has 0 saturated carbocycles.